The van der Waals surface area contributed by atoms with Gasteiger partial charge < -0.3 is 14.9 Å². The molecule has 0 saturated carbocycles. The van der Waals surface area contributed by atoms with E-state index in [0.717, 1.165) is 20.9 Å². The Labute approximate surface area is 191 Å². The second-order valence-corrected chi connectivity index (χ2v) is 8.69. The number of furan rings is 1. The van der Waals surface area contributed by atoms with Gasteiger partial charge in [0, 0.05) is 11.6 Å². The Balaban J connectivity index is 1.44. The molecule has 0 aliphatic rings. The minimum absolute atomic E-state index is 0.0780. The second-order valence-electron chi connectivity index (χ2n) is 6.75. The van der Waals surface area contributed by atoms with Crippen LogP contribution in [0.1, 0.15) is 5.76 Å². The van der Waals surface area contributed by atoms with Crippen molar-refractivity contribution in [3.05, 3.63) is 72.8 Å². The fraction of sp³-hybridized carbons (Fsp3) is 0.0909. The van der Waals surface area contributed by atoms with Gasteiger partial charge in [-0.1, -0.05) is 30.0 Å². The number of benzene rings is 1. The second kappa shape index (κ2) is 8.85. The number of hydrogen-bond donors (Lipinski definition) is 1. The molecule has 0 atom stereocenters. The number of nitrogens with two attached hydrogens (primary N) is 1. The third-order valence-corrected chi connectivity index (χ3v) is 6.68. The number of nitrogens with zero attached hydrogens (tertiary/aromatic N) is 4. The maximum atomic E-state index is 12.3. The SMILES string of the molecule is Nc1c(-c2nnc(SCC(=O)Oc3ccccc3)n2Cc2ccco2)sc2ncccc12. The number of ether oxygens (including phenoxy) is 1. The zero-order chi connectivity index (χ0) is 21.9. The standard InChI is InChI=1S/C22H17N5O3S2/c23-18-16-9-4-10-24-21(16)32-19(18)20-25-26-22(27(20)12-15-8-5-11-29-15)31-13-17(28)30-14-6-2-1-3-7-14/h1-11H,12-13,23H2. The van der Waals surface area contributed by atoms with Crippen molar-refractivity contribution in [2.45, 2.75) is 11.7 Å². The molecule has 32 heavy (non-hydrogen) atoms. The number of esters is 1. The van der Waals surface area contributed by atoms with Crippen molar-refractivity contribution in [2.24, 2.45) is 0 Å². The topological polar surface area (TPSA) is 109 Å². The molecule has 5 aromatic rings. The van der Waals surface area contributed by atoms with Crippen LogP contribution in [-0.2, 0) is 11.3 Å². The molecular formula is C22H17N5O3S2. The summed E-state index contributed by atoms with van der Waals surface area (Å²) >= 11 is 2.70. The summed E-state index contributed by atoms with van der Waals surface area (Å²) < 4.78 is 12.8. The fourth-order valence-electron chi connectivity index (χ4n) is 3.15. The summed E-state index contributed by atoms with van der Waals surface area (Å²) in [5.41, 5.74) is 7.02. The number of carbonyl (C=O) groups is 1. The van der Waals surface area contributed by atoms with Crippen LogP contribution in [0.4, 0.5) is 5.69 Å². The van der Waals surface area contributed by atoms with Crippen LogP contribution in [0.3, 0.4) is 0 Å². The third-order valence-electron chi connectivity index (χ3n) is 4.61. The maximum Gasteiger partial charge on any atom is 0.321 e. The van der Waals surface area contributed by atoms with Crippen LogP contribution in [0.2, 0.25) is 0 Å². The molecule has 4 heterocycles. The minimum Gasteiger partial charge on any atom is -0.467 e. The highest BCUT2D eigenvalue weighted by molar-refractivity contribution is 7.99. The molecule has 2 N–H and O–H groups in total. The van der Waals surface area contributed by atoms with Crippen LogP contribution in [0.5, 0.6) is 5.75 Å². The van der Waals surface area contributed by atoms with E-state index in [1.165, 1.54) is 23.1 Å². The van der Waals surface area contributed by atoms with Gasteiger partial charge in [0.2, 0.25) is 0 Å². The number of anilines is 1. The van der Waals surface area contributed by atoms with Crippen LogP contribution in [0, 0.1) is 0 Å². The van der Waals surface area contributed by atoms with Crippen molar-refractivity contribution in [3.63, 3.8) is 0 Å². The molecule has 5 rings (SSSR count). The summed E-state index contributed by atoms with van der Waals surface area (Å²) in [5, 5.41) is 10.1. The number of para-hydroxylation sites is 1. The van der Waals surface area contributed by atoms with Crippen molar-refractivity contribution in [2.75, 3.05) is 11.5 Å². The van der Waals surface area contributed by atoms with Gasteiger partial charge in [0.25, 0.3) is 0 Å². The number of hydrogen-bond acceptors (Lipinski definition) is 9. The van der Waals surface area contributed by atoms with Crippen LogP contribution in [0.15, 0.2) is 76.6 Å². The average Bonchev–Trinajstić information content (AvgIpc) is 3.54. The van der Waals surface area contributed by atoms with Gasteiger partial charge in [-0.25, -0.2) is 4.98 Å². The zero-order valence-electron chi connectivity index (χ0n) is 16.7. The predicted molar refractivity (Wildman–Crippen MR) is 124 cm³/mol. The molecular weight excluding hydrogens is 446 g/mol. The van der Waals surface area contributed by atoms with E-state index >= 15 is 0 Å². The number of rotatable bonds is 7. The number of thioether (sulfide) groups is 1. The quantitative estimate of drug-likeness (QED) is 0.214. The lowest BCUT2D eigenvalue weighted by Crippen LogP contribution is -2.12. The minimum atomic E-state index is -0.374. The summed E-state index contributed by atoms with van der Waals surface area (Å²) in [6.07, 6.45) is 3.34. The van der Waals surface area contributed by atoms with E-state index in [4.69, 9.17) is 14.9 Å². The number of thiophene rings is 1. The molecule has 0 saturated heterocycles. The van der Waals surface area contributed by atoms with Crippen LogP contribution < -0.4 is 10.5 Å². The predicted octanol–water partition coefficient (Wildman–Crippen LogP) is 4.48. The van der Waals surface area contributed by atoms with E-state index in [1.54, 1.807) is 24.6 Å². The van der Waals surface area contributed by atoms with E-state index in [0.29, 0.717) is 29.0 Å². The van der Waals surface area contributed by atoms with Crippen LogP contribution in [0.25, 0.3) is 20.9 Å². The number of nitrogen functional groups attached to an aromatic ring is 1. The van der Waals surface area contributed by atoms with Crippen molar-refractivity contribution < 1.29 is 13.9 Å². The van der Waals surface area contributed by atoms with Gasteiger partial charge >= 0.3 is 5.97 Å². The monoisotopic (exact) mass is 463 g/mol. The molecule has 1 aromatic carbocycles. The lowest BCUT2D eigenvalue weighted by atomic mass is 10.2. The third kappa shape index (κ3) is 4.10. The van der Waals surface area contributed by atoms with E-state index in [1.807, 2.05) is 47.0 Å². The summed E-state index contributed by atoms with van der Waals surface area (Å²) in [6, 6.07) is 16.4. The first-order valence-electron chi connectivity index (χ1n) is 9.66. The van der Waals surface area contributed by atoms with Crippen molar-refractivity contribution in [1.82, 2.24) is 19.7 Å². The van der Waals surface area contributed by atoms with Gasteiger partial charge in [-0.15, -0.1) is 21.5 Å². The van der Waals surface area contributed by atoms with Gasteiger partial charge in [-0.2, -0.15) is 0 Å². The maximum absolute atomic E-state index is 12.3. The molecule has 0 spiro atoms. The Morgan fingerprint density at radius 2 is 2.00 bits per heavy atom. The molecule has 0 aliphatic heterocycles. The van der Waals surface area contributed by atoms with E-state index in [2.05, 4.69) is 15.2 Å². The van der Waals surface area contributed by atoms with E-state index < -0.39 is 0 Å². The van der Waals surface area contributed by atoms with Gasteiger partial charge in [-0.3, -0.25) is 9.36 Å². The molecule has 0 radical (unpaired) electrons. The molecule has 160 valence electrons. The molecule has 0 aliphatic carbocycles. The Morgan fingerprint density at radius 1 is 1.12 bits per heavy atom. The molecule has 0 unspecified atom stereocenters. The van der Waals surface area contributed by atoms with Gasteiger partial charge in [-0.05, 0) is 36.4 Å². The largest absolute Gasteiger partial charge is 0.467 e. The Hall–Kier alpha value is -3.63. The first-order chi connectivity index (χ1) is 15.7. The number of fused-ring (bicyclic) bond motifs is 1. The Kier molecular flexibility index (Phi) is 5.61. The normalized spacial score (nSPS) is 11.1. The molecule has 8 nitrogen and oxygen atoms in total. The van der Waals surface area contributed by atoms with Gasteiger partial charge in [0.15, 0.2) is 11.0 Å². The molecule has 0 amide bonds. The van der Waals surface area contributed by atoms with Crippen molar-refractivity contribution in [1.29, 1.82) is 0 Å². The smallest absolute Gasteiger partial charge is 0.321 e. The molecule has 0 bridgehead atoms. The summed E-state index contributed by atoms with van der Waals surface area (Å²) in [7, 11) is 0. The summed E-state index contributed by atoms with van der Waals surface area (Å²) in [4.78, 5) is 18.3. The average molecular weight is 464 g/mol. The highest BCUT2D eigenvalue weighted by atomic mass is 32.2. The first-order valence-corrected chi connectivity index (χ1v) is 11.5. The van der Waals surface area contributed by atoms with Crippen LogP contribution >= 0.6 is 23.1 Å². The number of aromatic nitrogens is 4. The zero-order valence-corrected chi connectivity index (χ0v) is 18.3. The molecule has 10 heteroatoms. The van der Waals surface area contributed by atoms with Crippen molar-refractivity contribution in [3.8, 4) is 16.5 Å². The first kappa shape index (κ1) is 20.3. The highest BCUT2D eigenvalue weighted by Gasteiger charge is 2.22. The Bertz CT molecular complexity index is 1360. The molecule has 0 fully saturated rings. The van der Waals surface area contributed by atoms with Crippen LogP contribution in [-0.4, -0.2) is 31.5 Å². The number of carbonyl (C=O) groups excluding carboxylic acids is 1. The van der Waals surface area contributed by atoms with Gasteiger partial charge in [0.05, 0.1) is 29.1 Å². The lowest BCUT2D eigenvalue weighted by Gasteiger charge is -2.08. The van der Waals surface area contributed by atoms with Gasteiger partial charge in [0.1, 0.15) is 16.3 Å². The number of pyridine rings is 1. The highest BCUT2D eigenvalue weighted by Crippen LogP contribution is 2.40. The van der Waals surface area contributed by atoms with E-state index in [-0.39, 0.29) is 11.7 Å². The van der Waals surface area contributed by atoms with E-state index in [9.17, 15) is 4.79 Å². The summed E-state index contributed by atoms with van der Waals surface area (Å²) in [5.74, 6) is 1.54. The summed E-state index contributed by atoms with van der Waals surface area (Å²) in [6.45, 7) is 0.395. The lowest BCUT2D eigenvalue weighted by molar-refractivity contribution is -0.131. The Morgan fingerprint density at radius 3 is 2.78 bits per heavy atom. The van der Waals surface area contributed by atoms with Crippen molar-refractivity contribution >= 4 is 45.0 Å². The fourth-order valence-corrected chi connectivity index (χ4v) is 4.92. The molecule has 4 aromatic heterocycles.